The molecule has 1 N–H and O–H groups in total. The molecular weight excluding hydrogens is 188 g/mol. The Morgan fingerprint density at radius 2 is 1.73 bits per heavy atom. The van der Waals surface area contributed by atoms with Crippen LogP contribution in [0.25, 0.3) is 0 Å². The van der Waals surface area contributed by atoms with E-state index < -0.39 is 0 Å². The van der Waals surface area contributed by atoms with E-state index in [1.165, 1.54) is 19.3 Å². The number of likely N-dealkylation sites (N-methyl/N-ethyl adjacent to an activating group) is 1. The van der Waals surface area contributed by atoms with E-state index in [0.717, 1.165) is 11.8 Å². The minimum Gasteiger partial charge on any atom is -0.348 e. The van der Waals surface area contributed by atoms with Gasteiger partial charge in [-0.25, -0.2) is 0 Å². The monoisotopic (exact) mass is 212 g/mol. The predicted octanol–water partition coefficient (Wildman–Crippen LogP) is 1.49. The van der Waals surface area contributed by atoms with Crippen molar-refractivity contribution in [2.45, 2.75) is 39.2 Å². The van der Waals surface area contributed by atoms with Gasteiger partial charge < -0.3 is 10.2 Å². The van der Waals surface area contributed by atoms with Crippen molar-refractivity contribution in [3.05, 3.63) is 0 Å². The zero-order chi connectivity index (χ0) is 11.4. The lowest BCUT2D eigenvalue weighted by Gasteiger charge is -2.32. The molecule has 2 atom stereocenters. The van der Waals surface area contributed by atoms with Crippen LogP contribution in [0.4, 0.5) is 0 Å². The fourth-order valence-corrected chi connectivity index (χ4v) is 2.50. The molecule has 1 aliphatic carbocycles. The SMILES string of the molecule is C[C@H]1CC(NCC(=O)N(C)C)C[C@H](C)C1. The number of hydrogen-bond donors (Lipinski definition) is 1. The topological polar surface area (TPSA) is 32.3 Å². The molecule has 0 aliphatic heterocycles. The van der Waals surface area contributed by atoms with Gasteiger partial charge in [0.2, 0.25) is 5.91 Å². The fraction of sp³-hybridized carbons (Fsp3) is 0.917. The molecule has 0 aromatic heterocycles. The van der Waals surface area contributed by atoms with Gasteiger partial charge in [-0.2, -0.15) is 0 Å². The van der Waals surface area contributed by atoms with Crippen LogP contribution >= 0.6 is 0 Å². The highest BCUT2D eigenvalue weighted by Crippen LogP contribution is 2.28. The van der Waals surface area contributed by atoms with Crippen molar-refractivity contribution in [2.75, 3.05) is 20.6 Å². The van der Waals surface area contributed by atoms with Crippen molar-refractivity contribution in [3.63, 3.8) is 0 Å². The van der Waals surface area contributed by atoms with Gasteiger partial charge in [0, 0.05) is 20.1 Å². The molecule has 1 fully saturated rings. The lowest BCUT2D eigenvalue weighted by atomic mass is 9.80. The van der Waals surface area contributed by atoms with Gasteiger partial charge >= 0.3 is 0 Å². The number of rotatable bonds is 3. The second-order valence-electron chi connectivity index (χ2n) is 5.28. The Bertz CT molecular complexity index is 206. The van der Waals surface area contributed by atoms with Crippen LogP contribution in [-0.2, 0) is 4.79 Å². The molecule has 0 saturated heterocycles. The lowest BCUT2D eigenvalue weighted by Crippen LogP contribution is -2.42. The molecule has 1 amide bonds. The lowest BCUT2D eigenvalue weighted by molar-refractivity contribution is -0.127. The highest BCUT2D eigenvalue weighted by atomic mass is 16.2. The van der Waals surface area contributed by atoms with Gasteiger partial charge in [-0.3, -0.25) is 4.79 Å². The smallest absolute Gasteiger partial charge is 0.236 e. The molecule has 0 heterocycles. The molecule has 0 bridgehead atoms. The van der Waals surface area contributed by atoms with Crippen LogP contribution in [0.2, 0.25) is 0 Å². The third kappa shape index (κ3) is 4.20. The molecule has 0 aromatic rings. The summed E-state index contributed by atoms with van der Waals surface area (Å²) >= 11 is 0. The first-order valence-corrected chi connectivity index (χ1v) is 5.92. The van der Waals surface area contributed by atoms with Crippen molar-refractivity contribution in [2.24, 2.45) is 11.8 Å². The van der Waals surface area contributed by atoms with Gasteiger partial charge in [0.05, 0.1) is 6.54 Å². The van der Waals surface area contributed by atoms with Crippen LogP contribution in [0.3, 0.4) is 0 Å². The Labute approximate surface area is 93.2 Å². The molecule has 88 valence electrons. The average Bonchev–Trinajstić information content (AvgIpc) is 2.12. The minimum atomic E-state index is 0.167. The molecule has 0 unspecified atom stereocenters. The third-order valence-corrected chi connectivity index (χ3v) is 3.22. The summed E-state index contributed by atoms with van der Waals surface area (Å²) in [7, 11) is 3.60. The summed E-state index contributed by atoms with van der Waals surface area (Å²) in [5.74, 6) is 1.75. The van der Waals surface area contributed by atoms with E-state index in [1.54, 1.807) is 19.0 Å². The van der Waals surface area contributed by atoms with Gasteiger partial charge in [0.25, 0.3) is 0 Å². The van der Waals surface area contributed by atoms with E-state index >= 15 is 0 Å². The number of hydrogen-bond acceptors (Lipinski definition) is 2. The van der Waals surface area contributed by atoms with Gasteiger partial charge in [-0.05, 0) is 31.1 Å². The minimum absolute atomic E-state index is 0.167. The molecule has 0 spiro atoms. The normalized spacial score (nSPS) is 31.3. The van der Waals surface area contributed by atoms with Crippen LogP contribution < -0.4 is 5.32 Å². The first-order chi connectivity index (χ1) is 6.99. The van der Waals surface area contributed by atoms with E-state index in [1.807, 2.05) is 0 Å². The standard InChI is InChI=1S/C12H24N2O/c1-9-5-10(2)7-11(6-9)13-8-12(15)14(3)4/h9-11,13H,5-8H2,1-4H3/t9-,10-/m1/s1. The summed E-state index contributed by atoms with van der Waals surface area (Å²) in [6.07, 6.45) is 3.76. The average molecular weight is 212 g/mol. The number of carbonyl (C=O) groups excluding carboxylic acids is 1. The Morgan fingerprint density at radius 3 is 2.20 bits per heavy atom. The maximum absolute atomic E-state index is 11.4. The van der Waals surface area contributed by atoms with Gasteiger partial charge in [0.15, 0.2) is 0 Å². The van der Waals surface area contributed by atoms with E-state index in [0.29, 0.717) is 12.6 Å². The van der Waals surface area contributed by atoms with E-state index in [9.17, 15) is 4.79 Å². The first-order valence-electron chi connectivity index (χ1n) is 5.92. The van der Waals surface area contributed by atoms with Gasteiger partial charge in [-0.1, -0.05) is 13.8 Å². The Morgan fingerprint density at radius 1 is 1.20 bits per heavy atom. The third-order valence-electron chi connectivity index (χ3n) is 3.22. The zero-order valence-electron chi connectivity index (χ0n) is 10.4. The summed E-state index contributed by atoms with van der Waals surface area (Å²) in [5, 5.41) is 3.37. The molecule has 1 aliphatic rings. The fourth-order valence-electron chi connectivity index (χ4n) is 2.50. The molecule has 0 radical (unpaired) electrons. The largest absolute Gasteiger partial charge is 0.348 e. The number of carbonyl (C=O) groups is 1. The number of nitrogens with one attached hydrogen (secondary N) is 1. The van der Waals surface area contributed by atoms with Gasteiger partial charge in [-0.15, -0.1) is 0 Å². The summed E-state index contributed by atoms with van der Waals surface area (Å²) in [6.45, 7) is 5.09. The molecule has 0 aromatic carbocycles. The second kappa shape index (κ2) is 5.50. The van der Waals surface area contributed by atoms with Crippen molar-refractivity contribution >= 4 is 5.91 Å². The van der Waals surface area contributed by atoms with Crippen molar-refractivity contribution < 1.29 is 4.79 Å². The Kier molecular flexibility index (Phi) is 4.58. The summed E-state index contributed by atoms with van der Waals surface area (Å²) in [5.41, 5.74) is 0. The number of nitrogens with zero attached hydrogens (tertiary/aromatic N) is 1. The number of amides is 1. The van der Waals surface area contributed by atoms with Crippen LogP contribution in [0.1, 0.15) is 33.1 Å². The Balaban J connectivity index is 2.29. The summed E-state index contributed by atoms with van der Waals surface area (Å²) in [6, 6.07) is 0.535. The van der Waals surface area contributed by atoms with E-state index in [2.05, 4.69) is 19.2 Å². The van der Waals surface area contributed by atoms with Crippen LogP contribution in [0.15, 0.2) is 0 Å². The zero-order valence-corrected chi connectivity index (χ0v) is 10.4. The maximum atomic E-state index is 11.4. The van der Waals surface area contributed by atoms with Crippen LogP contribution in [-0.4, -0.2) is 37.5 Å². The van der Waals surface area contributed by atoms with Crippen LogP contribution in [0, 0.1) is 11.8 Å². The quantitative estimate of drug-likeness (QED) is 0.768. The molecule has 3 nitrogen and oxygen atoms in total. The molecule has 15 heavy (non-hydrogen) atoms. The summed E-state index contributed by atoms with van der Waals surface area (Å²) < 4.78 is 0. The van der Waals surface area contributed by atoms with Crippen molar-refractivity contribution in [1.82, 2.24) is 10.2 Å². The molecular formula is C12H24N2O. The van der Waals surface area contributed by atoms with E-state index in [4.69, 9.17) is 0 Å². The van der Waals surface area contributed by atoms with Crippen molar-refractivity contribution in [3.8, 4) is 0 Å². The summed E-state index contributed by atoms with van der Waals surface area (Å²) in [4.78, 5) is 13.1. The molecule has 1 saturated carbocycles. The molecule has 1 rings (SSSR count). The molecule has 3 heteroatoms. The highest BCUT2D eigenvalue weighted by Gasteiger charge is 2.23. The second-order valence-corrected chi connectivity index (χ2v) is 5.28. The first kappa shape index (κ1) is 12.5. The van der Waals surface area contributed by atoms with E-state index in [-0.39, 0.29) is 5.91 Å². The van der Waals surface area contributed by atoms with Gasteiger partial charge in [0.1, 0.15) is 0 Å². The Hall–Kier alpha value is -0.570. The predicted molar refractivity (Wildman–Crippen MR) is 62.7 cm³/mol. The highest BCUT2D eigenvalue weighted by molar-refractivity contribution is 5.77. The maximum Gasteiger partial charge on any atom is 0.236 e. The van der Waals surface area contributed by atoms with Crippen molar-refractivity contribution in [1.29, 1.82) is 0 Å². The van der Waals surface area contributed by atoms with Crippen LogP contribution in [0.5, 0.6) is 0 Å².